The second-order valence-electron chi connectivity index (χ2n) is 20.5. The molecule has 436 valence electrons. The number of carboxylic acids is 1. The number of aliphatic carboxylic acids is 1. The zero-order chi connectivity index (χ0) is 57.2. The van der Waals surface area contributed by atoms with Crippen LogP contribution in [0.3, 0.4) is 0 Å². The Bertz CT molecular complexity index is 2720. The van der Waals surface area contributed by atoms with Crippen LogP contribution >= 0.6 is 11.8 Å². The molecular formula is C58H79N7O14S. The lowest BCUT2D eigenvalue weighted by atomic mass is 10.1. The number of nitrogens with one attached hydrogen (secondary N) is 1. The van der Waals surface area contributed by atoms with Gasteiger partial charge in [0.1, 0.15) is 25.6 Å². The Morgan fingerprint density at radius 2 is 1.32 bits per heavy atom. The van der Waals surface area contributed by atoms with Gasteiger partial charge in [-0.25, -0.2) is 0 Å². The molecule has 21 nitrogen and oxygen atoms in total. The number of carbonyl (C=O) groups is 4. The van der Waals surface area contributed by atoms with Crippen LogP contribution in [0.5, 0.6) is 28.7 Å². The molecule has 7 rings (SSSR count). The van der Waals surface area contributed by atoms with Crippen molar-refractivity contribution in [2.75, 3.05) is 138 Å². The standard InChI is InChI=1S/C58H79N7O14S/c1-9-39-23-43-31-59-48-29-52(50(71-7)27-46(48)56(69)64(43)33-39)78-35-41-25-45(26-42(61-41)36-79-53-30-49-47(28-51(53)72-8)57(70)65-34-40(10-2)24-44(65)32-60-49)77-16-12-62(5)38-58(3,4)80-37-54(66)63(6)13-15-74-18-20-76-22-21-75-19-17-73-14-11-55(67)68/h9-10,25-31,43-44,60H,11-24,32-38H2,1-8H3,(H,67,68)/b39-9+,40-10+. The molecule has 5 heterocycles. The maximum Gasteiger partial charge on any atom is 0.305 e. The number of thioether (sulfide) groups is 1. The molecule has 0 spiro atoms. The fraction of sp³-hybridized carbons (Fsp3) is 0.552. The van der Waals surface area contributed by atoms with E-state index in [1.807, 2.05) is 55.1 Å². The summed E-state index contributed by atoms with van der Waals surface area (Å²) in [6, 6.07) is 10.6. The summed E-state index contributed by atoms with van der Waals surface area (Å²) in [7, 11) is 6.88. The molecule has 22 heteroatoms. The third-order valence-electron chi connectivity index (χ3n) is 14.1. The number of pyridine rings is 1. The number of ether oxygens (including phenoxy) is 9. The molecule has 0 saturated carbocycles. The Balaban J connectivity index is 0.930. The second-order valence-corrected chi connectivity index (χ2v) is 22.2. The topological polar surface area (TPSA) is 222 Å². The molecule has 0 bridgehead atoms. The molecule has 80 heavy (non-hydrogen) atoms. The maximum atomic E-state index is 13.8. The highest BCUT2D eigenvalue weighted by atomic mass is 32.2. The van der Waals surface area contributed by atoms with Gasteiger partial charge in [0.2, 0.25) is 5.91 Å². The van der Waals surface area contributed by atoms with E-state index >= 15 is 0 Å². The van der Waals surface area contributed by atoms with Gasteiger partial charge in [-0.05, 0) is 59.7 Å². The third-order valence-corrected chi connectivity index (χ3v) is 15.4. The van der Waals surface area contributed by atoms with Gasteiger partial charge < -0.3 is 72.7 Å². The first-order chi connectivity index (χ1) is 38.6. The molecule has 2 fully saturated rings. The van der Waals surface area contributed by atoms with Gasteiger partial charge in [-0.1, -0.05) is 23.3 Å². The maximum absolute atomic E-state index is 13.8. The van der Waals surface area contributed by atoms with E-state index in [1.54, 1.807) is 49.0 Å². The molecule has 4 aliphatic rings. The van der Waals surface area contributed by atoms with Gasteiger partial charge in [0, 0.05) is 81.5 Å². The highest BCUT2D eigenvalue weighted by Crippen LogP contribution is 2.41. The number of hydrogen-bond acceptors (Lipinski definition) is 18. The van der Waals surface area contributed by atoms with Crippen molar-refractivity contribution >= 4 is 53.0 Å². The molecule has 2 unspecified atom stereocenters. The van der Waals surface area contributed by atoms with E-state index in [-0.39, 0.29) is 60.8 Å². The van der Waals surface area contributed by atoms with Crippen molar-refractivity contribution in [1.29, 1.82) is 0 Å². The average Bonchev–Trinajstić information content (AvgIpc) is 4.07. The van der Waals surface area contributed by atoms with Crippen LogP contribution in [0, 0.1) is 0 Å². The van der Waals surface area contributed by atoms with Crippen molar-refractivity contribution in [3.8, 4) is 28.7 Å². The van der Waals surface area contributed by atoms with Crippen LogP contribution in [0.2, 0.25) is 0 Å². The quantitative estimate of drug-likeness (QED) is 0.0500. The predicted molar refractivity (Wildman–Crippen MR) is 305 cm³/mol. The number of methoxy groups -OCH3 is 2. The Hall–Kier alpha value is -6.43. The Morgan fingerprint density at radius 1 is 0.738 bits per heavy atom. The number of likely N-dealkylation sites (N-methyl/N-ethyl adjacent to an activating group) is 2. The van der Waals surface area contributed by atoms with E-state index in [9.17, 15) is 19.2 Å². The number of carboxylic acid groups (broad SMARTS) is 1. The van der Waals surface area contributed by atoms with Gasteiger partial charge in [0.25, 0.3) is 11.8 Å². The molecular weight excluding hydrogens is 1050 g/mol. The number of hydrogen-bond donors (Lipinski definition) is 2. The fourth-order valence-electron chi connectivity index (χ4n) is 9.62. The minimum Gasteiger partial charge on any atom is -0.493 e. The molecule has 2 atom stereocenters. The molecule has 0 radical (unpaired) electrons. The number of nitrogens with zero attached hydrogens (tertiary/aromatic N) is 6. The first-order valence-corrected chi connectivity index (χ1v) is 28.2. The number of rotatable bonds is 32. The molecule has 3 amide bonds. The zero-order valence-corrected chi connectivity index (χ0v) is 48.4. The second kappa shape index (κ2) is 29.9. The number of amides is 3. The number of fused-ring (bicyclic) bond motifs is 4. The SMILES string of the molecule is C/C=C1\CC2C=Nc3cc(OCc4cc(OCCN(C)CC(C)(C)SCC(=O)N(C)CCOCCOCCOCCOCCC(=O)O)cc(COc5cc6c(cc5OC)C(=O)N5C/C(=C/C)CC5CN6)n4)c(OC)cc3C(=O)N2C1. The molecule has 4 aliphatic heterocycles. The number of allylic oxidation sites excluding steroid dienone is 2. The molecule has 2 saturated heterocycles. The summed E-state index contributed by atoms with van der Waals surface area (Å²) in [4.78, 5) is 68.5. The van der Waals surface area contributed by atoms with Gasteiger partial charge in [-0.3, -0.25) is 29.2 Å². The van der Waals surface area contributed by atoms with Crippen LogP contribution in [0.4, 0.5) is 11.4 Å². The van der Waals surface area contributed by atoms with Crippen molar-refractivity contribution < 1.29 is 66.9 Å². The molecule has 0 aliphatic carbocycles. The molecule has 2 N–H and O–H groups in total. The van der Waals surface area contributed by atoms with Crippen molar-refractivity contribution in [3.63, 3.8) is 0 Å². The number of carbonyl (C=O) groups excluding carboxylic acids is 3. The van der Waals surface area contributed by atoms with Gasteiger partial charge in [0.05, 0.1) is 125 Å². The fourth-order valence-corrected chi connectivity index (χ4v) is 10.7. The summed E-state index contributed by atoms with van der Waals surface area (Å²) in [6.45, 7) is 15.0. The lowest BCUT2D eigenvalue weighted by molar-refractivity contribution is -0.138. The highest BCUT2D eigenvalue weighted by molar-refractivity contribution is 8.01. The van der Waals surface area contributed by atoms with Crippen LogP contribution in [-0.4, -0.2) is 209 Å². The van der Waals surface area contributed by atoms with Crippen LogP contribution in [0.25, 0.3) is 0 Å². The van der Waals surface area contributed by atoms with E-state index in [0.29, 0.717) is 161 Å². The van der Waals surface area contributed by atoms with E-state index in [1.165, 1.54) is 18.3 Å². The van der Waals surface area contributed by atoms with E-state index < -0.39 is 5.97 Å². The minimum atomic E-state index is -0.896. The van der Waals surface area contributed by atoms with Crippen molar-refractivity contribution in [3.05, 3.63) is 82.2 Å². The van der Waals surface area contributed by atoms with Gasteiger partial charge >= 0.3 is 5.97 Å². The van der Waals surface area contributed by atoms with Gasteiger partial charge in [0.15, 0.2) is 23.0 Å². The first-order valence-electron chi connectivity index (χ1n) is 27.2. The summed E-state index contributed by atoms with van der Waals surface area (Å²) >= 11 is 1.59. The van der Waals surface area contributed by atoms with Gasteiger partial charge in [-0.2, -0.15) is 0 Å². The summed E-state index contributed by atoms with van der Waals surface area (Å²) in [6.07, 6.45) is 7.51. The summed E-state index contributed by atoms with van der Waals surface area (Å²) in [5, 5.41) is 12.1. The number of benzene rings is 2. The van der Waals surface area contributed by atoms with E-state index in [2.05, 4.69) is 36.2 Å². The van der Waals surface area contributed by atoms with E-state index in [4.69, 9.17) is 57.7 Å². The van der Waals surface area contributed by atoms with Crippen molar-refractivity contribution in [1.82, 2.24) is 24.6 Å². The smallest absolute Gasteiger partial charge is 0.305 e. The van der Waals surface area contributed by atoms with Gasteiger partial charge in [-0.15, -0.1) is 11.8 Å². The largest absolute Gasteiger partial charge is 0.493 e. The monoisotopic (exact) mass is 1130 g/mol. The van der Waals surface area contributed by atoms with E-state index in [0.717, 1.165) is 12.8 Å². The summed E-state index contributed by atoms with van der Waals surface area (Å²) in [5.74, 6) is 1.47. The van der Waals surface area contributed by atoms with Crippen molar-refractivity contribution in [2.24, 2.45) is 4.99 Å². The van der Waals surface area contributed by atoms with Crippen LogP contribution < -0.4 is 29.0 Å². The molecule has 2 aromatic carbocycles. The molecule has 1 aromatic heterocycles. The number of anilines is 1. The summed E-state index contributed by atoms with van der Waals surface area (Å²) < 4.78 is 52.4. The number of aromatic nitrogens is 1. The lowest BCUT2D eigenvalue weighted by Gasteiger charge is -2.30. The number of aliphatic imine (C=N–C) groups is 1. The Morgan fingerprint density at radius 3 is 1.96 bits per heavy atom. The van der Waals surface area contributed by atoms with Crippen LogP contribution in [0.1, 0.15) is 79.1 Å². The zero-order valence-electron chi connectivity index (χ0n) is 47.5. The third kappa shape index (κ3) is 17.3. The first kappa shape index (κ1) is 61.2. The summed E-state index contributed by atoms with van der Waals surface area (Å²) in [5.41, 5.74) is 5.68. The Labute approximate surface area is 473 Å². The lowest BCUT2D eigenvalue weighted by Crippen LogP contribution is -2.38. The minimum absolute atomic E-state index is 0.0129. The molecule has 3 aromatic rings. The normalized spacial score (nSPS) is 17.7. The average molecular weight is 1130 g/mol. The highest BCUT2D eigenvalue weighted by Gasteiger charge is 2.37. The predicted octanol–water partition coefficient (Wildman–Crippen LogP) is 6.54. The van der Waals surface area contributed by atoms with Crippen molar-refractivity contribution in [2.45, 2.75) is 77.0 Å². The van der Waals surface area contributed by atoms with Crippen LogP contribution in [0.15, 0.2) is 64.7 Å². The Kier molecular flexibility index (Phi) is 22.8. The van der Waals surface area contributed by atoms with Crippen LogP contribution in [-0.2, 0) is 41.8 Å².